The molecule has 1 aromatic rings. The minimum absolute atomic E-state index is 0.0566. The molecule has 0 fully saturated rings. The van der Waals surface area contributed by atoms with Crippen molar-refractivity contribution in [2.75, 3.05) is 5.75 Å². The number of phenols is 1. The zero-order valence-electron chi connectivity index (χ0n) is 11.3. The van der Waals surface area contributed by atoms with E-state index in [-0.39, 0.29) is 17.9 Å². The lowest BCUT2D eigenvalue weighted by Crippen LogP contribution is -2.29. The van der Waals surface area contributed by atoms with E-state index in [1.54, 1.807) is 12.1 Å². The van der Waals surface area contributed by atoms with Crippen molar-refractivity contribution in [1.82, 2.24) is 4.89 Å². The van der Waals surface area contributed by atoms with Gasteiger partial charge in [-0.15, -0.1) is 0 Å². The Bertz CT molecular complexity index is 524. The van der Waals surface area contributed by atoms with Gasteiger partial charge in [0, 0.05) is 0 Å². The highest BCUT2D eigenvalue weighted by Gasteiger charge is 2.12. The summed E-state index contributed by atoms with van der Waals surface area (Å²) in [5, 5.41) is 9.11. The van der Waals surface area contributed by atoms with Gasteiger partial charge in [-0.1, -0.05) is 25.5 Å². The second-order valence-electron chi connectivity index (χ2n) is 4.40. The third kappa shape index (κ3) is 6.53. The summed E-state index contributed by atoms with van der Waals surface area (Å²) in [4.78, 5) is 17.7. The number of carbonyl (C=O) groups excluding carboxylic acids is 1. The molecule has 0 bridgehead atoms. The van der Waals surface area contributed by atoms with Crippen molar-refractivity contribution in [3.8, 4) is 5.75 Å². The van der Waals surface area contributed by atoms with E-state index in [1.165, 1.54) is 12.1 Å². The van der Waals surface area contributed by atoms with Crippen molar-refractivity contribution in [2.24, 2.45) is 0 Å². The van der Waals surface area contributed by atoms with Crippen molar-refractivity contribution in [1.29, 1.82) is 0 Å². The van der Waals surface area contributed by atoms with Crippen LogP contribution in [0.3, 0.4) is 0 Å². The van der Waals surface area contributed by atoms with E-state index in [2.05, 4.69) is 4.84 Å². The van der Waals surface area contributed by atoms with Crippen LogP contribution in [0, 0.1) is 0 Å². The van der Waals surface area contributed by atoms with Gasteiger partial charge in [-0.3, -0.25) is 4.79 Å². The highest BCUT2D eigenvalue weighted by molar-refractivity contribution is 7.89. The summed E-state index contributed by atoms with van der Waals surface area (Å²) in [6, 6.07) is 6.42. The molecular weight excluding hydrogens is 282 g/mol. The zero-order chi connectivity index (χ0) is 15.0. The van der Waals surface area contributed by atoms with Crippen LogP contribution in [0.2, 0.25) is 0 Å². The standard InChI is InChI=1S/C13H19NO5S/c1-2-3-10-20(17,18)14-19-13(16)9-6-11-4-7-12(15)8-5-11/h4-5,7-8,14-15H,2-3,6,9-10H2,1H3. The van der Waals surface area contributed by atoms with Crippen LogP contribution in [0.25, 0.3) is 0 Å². The molecule has 1 rings (SSSR count). The number of hydrogen-bond donors (Lipinski definition) is 2. The molecule has 0 aliphatic rings. The van der Waals surface area contributed by atoms with E-state index in [9.17, 15) is 13.2 Å². The number of aromatic hydroxyl groups is 1. The summed E-state index contributed by atoms with van der Waals surface area (Å²) in [5.74, 6) is -0.549. The van der Waals surface area contributed by atoms with E-state index < -0.39 is 16.0 Å². The lowest BCUT2D eigenvalue weighted by Gasteiger charge is -2.06. The fourth-order valence-corrected chi connectivity index (χ4v) is 2.42. The van der Waals surface area contributed by atoms with Gasteiger partial charge in [0.05, 0.1) is 12.2 Å². The molecule has 0 atom stereocenters. The van der Waals surface area contributed by atoms with Crippen LogP contribution < -0.4 is 4.89 Å². The van der Waals surface area contributed by atoms with Crippen molar-refractivity contribution in [2.45, 2.75) is 32.6 Å². The van der Waals surface area contributed by atoms with Gasteiger partial charge in [0.25, 0.3) is 0 Å². The Morgan fingerprint density at radius 2 is 1.95 bits per heavy atom. The van der Waals surface area contributed by atoms with Crippen molar-refractivity contribution in [3.63, 3.8) is 0 Å². The fraction of sp³-hybridized carbons (Fsp3) is 0.462. The minimum atomic E-state index is -3.55. The average molecular weight is 301 g/mol. The summed E-state index contributed by atoms with van der Waals surface area (Å²) < 4.78 is 22.8. The number of nitrogens with one attached hydrogen (secondary N) is 1. The lowest BCUT2D eigenvalue weighted by atomic mass is 10.1. The molecule has 1 aromatic carbocycles. The molecule has 0 aliphatic heterocycles. The highest BCUT2D eigenvalue weighted by atomic mass is 32.2. The molecule has 0 aliphatic carbocycles. The molecule has 0 saturated heterocycles. The molecule has 0 aromatic heterocycles. The summed E-state index contributed by atoms with van der Waals surface area (Å²) in [5.41, 5.74) is 0.855. The molecule has 2 N–H and O–H groups in total. The Morgan fingerprint density at radius 3 is 2.55 bits per heavy atom. The quantitative estimate of drug-likeness (QED) is 0.710. The van der Waals surface area contributed by atoms with Gasteiger partial charge >= 0.3 is 5.97 Å². The average Bonchev–Trinajstić information content (AvgIpc) is 2.42. The predicted molar refractivity (Wildman–Crippen MR) is 74.4 cm³/mol. The number of carbonyl (C=O) groups is 1. The van der Waals surface area contributed by atoms with Gasteiger partial charge in [-0.2, -0.15) is 0 Å². The monoisotopic (exact) mass is 301 g/mol. The second-order valence-corrected chi connectivity index (χ2v) is 6.20. The number of sulfonamides is 1. The molecule has 0 spiro atoms. The molecule has 0 unspecified atom stereocenters. The molecule has 7 heteroatoms. The molecule has 0 radical (unpaired) electrons. The Morgan fingerprint density at radius 1 is 1.30 bits per heavy atom. The van der Waals surface area contributed by atoms with Gasteiger partial charge in [-0.25, -0.2) is 8.42 Å². The number of rotatable bonds is 8. The Labute approximate surface area is 118 Å². The van der Waals surface area contributed by atoms with Gasteiger partial charge in [0.1, 0.15) is 5.75 Å². The van der Waals surface area contributed by atoms with E-state index in [0.717, 1.165) is 12.0 Å². The summed E-state index contributed by atoms with van der Waals surface area (Å²) in [7, 11) is -3.55. The SMILES string of the molecule is CCCCS(=O)(=O)NOC(=O)CCc1ccc(O)cc1. The van der Waals surface area contributed by atoms with E-state index in [0.29, 0.717) is 12.8 Å². The van der Waals surface area contributed by atoms with E-state index in [4.69, 9.17) is 5.11 Å². The first-order valence-electron chi connectivity index (χ1n) is 6.40. The van der Waals surface area contributed by atoms with Gasteiger partial charge in [0.15, 0.2) is 0 Å². The molecule has 6 nitrogen and oxygen atoms in total. The molecule has 0 amide bonds. The van der Waals surface area contributed by atoms with Crippen LogP contribution in [0.5, 0.6) is 5.75 Å². The highest BCUT2D eigenvalue weighted by Crippen LogP contribution is 2.11. The number of unbranched alkanes of at least 4 members (excludes halogenated alkanes) is 1. The minimum Gasteiger partial charge on any atom is -0.508 e. The van der Waals surface area contributed by atoms with Gasteiger partial charge in [-0.05, 0) is 35.4 Å². The Hall–Kier alpha value is -1.60. The summed E-state index contributed by atoms with van der Waals surface area (Å²) in [6.07, 6.45) is 1.73. The van der Waals surface area contributed by atoms with Crippen molar-refractivity contribution >= 4 is 16.0 Å². The Balaban J connectivity index is 2.32. The van der Waals surface area contributed by atoms with Crippen molar-refractivity contribution < 1.29 is 23.2 Å². The van der Waals surface area contributed by atoms with Crippen LogP contribution in [-0.4, -0.2) is 25.2 Å². The molecular formula is C13H19NO5S. The first-order chi connectivity index (χ1) is 9.43. The first kappa shape index (κ1) is 16.5. The lowest BCUT2D eigenvalue weighted by molar-refractivity contribution is -0.147. The summed E-state index contributed by atoms with van der Waals surface area (Å²) in [6.45, 7) is 1.87. The third-order valence-corrected chi connectivity index (χ3v) is 3.77. The van der Waals surface area contributed by atoms with Crippen LogP contribution in [-0.2, 0) is 26.1 Å². The Kier molecular flexibility index (Phi) is 6.47. The van der Waals surface area contributed by atoms with Crippen LogP contribution in [0.15, 0.2) is 24.3 Å². The maximum absolute atomic E-state index is 11.4. The zero-order valence-corrected chi connectivity index (χ0v) is 12.1. The first-order valence-corrected chi connectivity index (χ1v) is 8.05. The predicted octanol–water partition coefficient (Wildman–Crippen LogP) is 1.50. The molecule has 112 valence electrons. The summed E-state index contributed by atoms with van der Waals surface area (Å²) >= 11 is 0. The van der Waals surface area contributed by atoms with Crippen molar-refractivity contribution in [3.05, 3.63) is 29.8 Å². The maximum Gasteiger partial charge on any atom is 0.326 e. The topological polar surface area (TPSA) is 92.7 Å². The third-order valence-electron chi connectivity index (χ3n) is 2.60. The normalized spacial score (nSPS) is 11.2. The second kappa shape index (κ2) is 7.86. The van der Waals surface area contributed by atoms with Gasteiger partial charge < -0.3 is 9.94 Å². The fourth-order valence-electron chi connectivity index (χ4n) is 1.45. The largest absolute Gasteiger partial charge is 0.508 e. The van der Waals surface area contributed by atoms with E-state index >= 15 is 0 Å². The molecule has 20 heavy (non-hydrogen) atoms. The van der Waals surface area contributed by atoms with Crippen LogP contribution in [0.4, 0.5) is 0 Å². The number of phenolic OH excluding ortho intramolecular Hbond substituents is 1. The van der Waals surface area contributed by atoms with E-state index in [1.807, 2.05) is 11.8 Å². The van der Waals surface area contributed by atoms with Crippen LogP contribution in [0.1, 0.15) is 31.7 Å². The molecule has 0 heterocycles. The smallest absolute Gasteiger partial charge is 0.326 e. The number of hydrogen-bond acceptors (Lipinski definition) is 5. The maximum atomic E-state index is 11.4. The molecule has 0 saturated carbocycles. The van der Waals surface area contributed by atoms with Crippen LogP contribution >= 0.6 is 0 Å². The number of aryl methyl sites for hydroxylation is 1. The number of benzene rings is 1. The van der Waals surface area contributed by atoms with Gasteiger partial charge in [0.2, 0.25) is 10.0 Å².